The second kappa shape index (κ2) is 2.10. The molecule has 0 aromatic carbocycles. The normalized spacial score (nSPS) is 8.70. The minimum atomic E-state index is -0.696. The molecule has 7 nitrogen and oxygen atoms in total. The van der Waals surface area contributed by atoms with Gasteiger partial charge in [-0.2, -0.15) is 0 Å². The standard InChI is InChI=1S/C3H2N5O2/c4-6-3-2(8(9)10)1-5-7-3/h1H,(H,5,7)/q+1. The van der Waals surface area contributed by atoms with Gasteiger partial charge < -0.3 is 0 Å². The summed E-state index contributed by atoms with van der Waals surface area (Å²) in [6.45, 7) is 0. The van der Waals surface area contributed by atoms with Crippen LogP contribution in [0.4, 0.5) is 11.5 Å². The third-order valence-corrected chi connectivity index (χ3v) is 0.897. The van der Waals surface area contributed by atoms with Crippen molar-refractivity contribution in [2.75, 3.05) is 0 Å². The molecule has 1 aromatic rings. The van der Waals surface area contributed by atoms with Crippen molar-refractivity contribution in [3.05, 3.63) is 21.3 Å². The Kier molecular flexibility index (Phi) is 1.29. The molecule has 1 rings (SSSR count). The first kappa shape index (κ1) is 6.15. The van der Waals surface area contributed by atoms with Gasteiger partial charge in [0.1, 0.15) is 0 Å². The summed E-state index contributed by atoms with van der Waals surface area (Å²) >= 11 is 0. The highest BCUT2D eigenvalue weighted by Gasteiger charge is 2.25. The lowest BCUT2D eigenvalue weighted by Gasteiger charge is -1.74. The molecule has 50 valence electrons. The fraction of sp³-hybridized carbons (Fsp3) is 0. The zero-order valence-electron chi connectivity index (χ0n) is 4.68. The smallest absolute Gasteiger partial charge is 0.258 e. The van der Waals surface area contributed by atoms with Gasteiger partial charge >= 0.3 is 11.5 Å². The Balaban J connectivity index is 3.17. The van der Waals surface area contributed by atoms with Crippen LogP contribution in [0.25, 0.3) is 4.98 Å². The number of nitrogens with one attached hydrogen (secondary N) is 1. The summed E-state index contributed by atoms with van der Waals surface area (Å²) in [5.41, 5.74) is -0.345. The van der Waals surface area contributed by atoms with E-state index in [1.54, 1.807) is 0 Å². The van der Waals surface area contributed by atoms with Gasteiger partial charge in [-0.05, 0) is 0 Å². The highest BCUT2D eigenvalue weighted by Crippen LogP contribution is 2.22. The first-order valence-electron chi connectivity index (χ1n) is 2.28. The van der Waals surface area contributed by atoms with Gasteiger partial charge in [0.2, 0.25) is 0 Å². The highest BCUT2D eigenvalue weighted by molar-refractivity contribution is 5.54. The molecule has 0 spiro atoms. The maximum Gasteiger partial charge on any atom is 0.521 e. The fourth-order valence-electron chi connectivity index (χ4n) is 0.480. The number of aromatic nitrogens is 2. The number of H-pyrrole nitrogens is 1. The van der Waals surface area contributed by atoms with Crippen molar-refractivity contribution >= 4 is 11.5 Å². The third kappa shape index (κ3) is 0.775. The van der Waals surface area contributed by atoms with E-state index < -0.39 is 4.92 Å². The molecular weight excluding hydrogens is 138 g/mol. The number of hydrogen-bond donors (Lipinski definition) is 1. The second-order valence-electron chi connectivity index (χ2n) is 1.46. The molecule has 0 fully saturated rings. The van der Waals surface area contributed by atoms with Crippen molar-refractivity contribution in [3.8, 4) is 0 Å². The van der Waals surface area contributed by atoms with Crippen LogP contribution < -0.4 is 0 Å². The van der Waals surface area contributed by atoms with E-state index in [0.717, 1.165) is 6.20 Å². The minimum absolute atomic E-state index is 0.245. The quantitative estimate of drug-likeness (QED) is 0.354. The first-order chi connectivity index (χ1) is 4.75. The number of hydrogen-bond acceptors (Lipinski definition) is 4. The van der Waals surface area contributed by atoms with Crippen molar-refractivity contribution in [2.45, 2.75) is 0 Å². The summed E-state index contributed by atoms with van der Waals surface area (Å²) in [6, 6.07) is 0. The topological polar surface area (TPSA) is 100.0 Å². The monoisotopic (exact) mass is 140 g/mol. The lowest BCUT2D eigenvalue weighted by atomic mass is 10.5. The second-order valence-corrected chi connectivity index (χ2v) is 1.46. The van der Waals surface area contributed by atoms with Crippen molar-refractivity contribution in [1.29, 1.82) is 5.39 Å². The highest BCUT2D eigenvalue weighted by atomic mass is 16.6. The lowest BCUT2D eigenvalue weighted by molar-refractivity contribution is -0.383. The van der Waals surface area contributed by atoms with E-state index >= 15 is 0 Å². The van der Waals surface area contributed by atoms with Crippen LogP contribution in [0.2, 0.25) is 0 Å². The number of diazo groups is 1. The van der Waals surface area contributed by atoms with Crippen LogP contribution in [0.1, 0.15) is 0 Å². The first-order valence-corrected chi connectivity index (χ1v) is 2.28. The minimum Gasteiger partial charge on any atom is -0.258 e. The Bertz CT molecular complexity index is 296. The summed E-state index contributed by atoms with van der Waals surface area (Å²) in [7, 11) is 0. The molecule has 0 saturated carbocycles. The molecule has 0 atom stereocenters. The Labute approximate surface area is 54.4 Å². The molecule has 0 saturated heterocycles. The Morgan fingerprint density at radius 3 is 3.00 bits per heavy atom. The van der Waals surface area contributed by atoms with Gasteiger partial charge in [-0.3, -0.25) is 10.1 Å². The van der Waals surface area contributed by atoms with Gasteiger partial charge in [-0.1, -0.05) is 5.10 Å². The lowest BCUT2D eigenvalue weighted by Crippen LogP contribution is -1.83. The molecule has 0 unspecified atom stereocenters. The molecular formula is C3H2N5O2+. The van der Waals surface area contributed by atoms with E-state index in [1.807, 2.05) is 0 Å². The van der Waals surface area contributed by atoms with Crippen LogP contribution in [-0.4, -0.2) is 15.1 Å². The molecule has 0 amide bonds. The van der Waals surface area contributed by atoms with Crippen LogP contribution in [0.3, 0.4) is 0 Å². The van der Waals surface area contributed by atoms with Crippen LogP contribution in [-0.2, 0) is 0 Å². The molecule has 0 aliphatic carbocycles. The number of rotatable bonds is 1. The summed E-state index contributed by atoms with van der Waals surface area (Å²) in [6.07, 6.45) is 0.967. The summed E-state index contributed by atoms with van der Waals surface area (Å²) < 4.78 is 0. The Hall–Kier alpha value is -1.97. The molecule has 0 aliphatic heterocycles. The van der Waals surface area contributed by atoms with Gasteiger partial charge in [0.05, 0.1) is 10.3 Å². The van der Waals surface area contributed by atoms with E-state index in [9.17, 15) is 10.1 Å². The third-order valence-electron chi connectivity index (χ3n) is 0.897. The molecule has 10 heavy (non-hydrogen) atoms. The number of nitrogens with zero attached hydrogens (tertiary/aromatic N) is 4. The predicted molar refractivity (Wildman–Crippen MR) is 30.0 cm³/mol. The van der Waals surface area contributed by atoms with E-state index in [2.05, 4.69) is 15.2 Å². The molecule has 7 heteroatoms. The molecule has 1 aromatic heterocycles. The Morgan fingerprint density at radius 2 is 2.60 bits per heavy atom. The van der Waals surface area contributed by atoms with E-state index in [0.29, 0.717) is 0 Å². The van der Waals surface area contributed by atoms with Crippen molar-refractivity contribution in [2.24, 2.45) is 0 Å². The van der Waals surface area contributed by atoms with Gasteiger partial charge in [-0.25, -0.2) is 0 Å². The molecule has 0 aliphatic rings. The predicted octanol–water partition coefficient (Wildman–Crippen LogP) is 0.802. The SMILES string of the molecule is N#[N+]c1[nH]ncc1[N+](=O)[O-]. The average Bonchev–Trinajstić information content (AvgIpc) is 2.33. The van der Waals surface area contributed by atoms with Crippen LogP contribution >= 0.6 is 0 Å². The summed E-state index contributed by atoms with van der Waals surface area (Å²) in [5.74, 6) is -0.245. The van der Waals surface area contributed by atoms with E-state index in [1.165, 1.54) is 0 Å². The van der Waals surface area contributed by atoms with Gasteiger partial charge in [-0.15, -0.1) is 5.10 Å². The van der Waals surface area contributed by atoms with Gasteiger partial charge in [0.15, 0.2) is 6.20 Å². The number of aromatic amines is 1. The van der Waals surface area contributed by atoms with E-state index in [-0.39, 0.29) is 11.5 Å². The average molecular weight is 140 g/mol. The maximum absolute atomic E-state index is 10.0. The summed E-state index contributed by atoms with van der Waals surface area (Å²) in [4.78, 5) is 11.9. The van der Waals surface area contributed by atoms with Crippen molar-refractivity contribution < 1.29 is 4.92 Å². The molecule has 0 radical (unpaired) electrons. The molecule has 0 bridgehead atoms. The zero-order valence-corrected chi connectivity index (χ0v) is 4.68. The largest absolute Gasteiger partial charge is 0.521 e. The van der Waals surface area contributed by atoms with Gasteiger partial charge in [0, 0.05) is 4.98 Å². The zero-order chi connectivity index (χ0) is 7.56. The molecule has 1 heterocycles. The number of nitro groups is 1. The van der Waals surface area contributed by atoms with Crippen LogP contribution in [0.5, 0.6) is 0 Å². The molecule has 1 N–H and O–H groups in total. The Morgan fingerprint density at radius 1 is 1.90 bits per heavy atom. The van der Waals surface area contributed by atoms with E-state index in [4.69, 9.17) is 5.39 Å². The van der Waals surface area contributed by atoms with Crippen LogP contribution in [0.15, 0.2) is 6.20 Å². The van der Waals surface area contributed by atoms with Crippen molar-refractivity contribution in [3.63, 3.8) is 0 Å². The fourth-order valence-corrected chi connectivity index (χ4v) is 0.480. The summed E-state index contributed by atoms with van der Waals surface area (Å²) in [5, 5.41) is 23.5. The van der Waals surface area contributed by atoms with Crippen molar-refractivity contribution in [1.82, 2.24) is 10.2 Å². The van der Waals surface area contributed by atoms with Gasteiger partial charge in [0.25, 0.3) is 0 Å². The maximum atomic E-state index is 10.0. The van der Waals surface area contributed by atoms with Crippen LogP contribution in [0, 0.1) is 15.5 Å².